The van der Waals surface area contributed by atoms with Crippen LogP contribution in [0.3, 0.4) is 0 Å². The Kier molecular flexibility index (Phi) is 7.16. The third-order valence-electron chi connectivity index (χ3n) is 5.80. The lowest BCUT2D eigenvalue weighted by molar-refractivity contribution is 0.119. The van der Waals surface area contributed by atoms with E-state index in [0.29, 0.717) is 11.7 Å². The summed E-state index contributed by atoms with van der Waals surface area (Å²) in [5.74, 6) is 0.727. The SMILES string of the molecule is CCCCCCCC(C)(C)c1ccc([C@H]2CCC[C@H](O)C2)c(O)c1. The third kappa shape index (κ3) is 5.24. The highest BCUT2D eigenvalue weighted by Crippen LogP contribution is 2.40. The van der Waals surface area contributed by atoms with Gasteiger partial charge in [0.05, 0.1) is 6.10 Å². The van der Waals surface area contributed by atoms with Crippen LogP contribution in [-0.4, -0.2) is 16.3 Å². The number of unbranched alkanes of at least 4 members (excludes halogenated alkanes) is 4. The van der Waals surface area contributed by atoms with Gasteiger partial charge >= 0.3 is 0 Å². The summed E-state index contributed by atoms with van der Waals surface area (Å²) in [7, 11) is 0. The molecule has 2 atom stereocenters. The quantitative estimate of drug-likeness (QED) is 0.569. The molecule has 2 heteroatoms. The van der Waals surface area contributed by atoms with Gasteiger partial charge in [-0.15, -0.1) is 0 Å². The average Bonchev–Trinajstić information content (AvgIpc) is 2.54. The van der Waals surface area contributed by atoms with Crippen LogP contribution < -0.4 is 0 Å². The van der Waals surface area contributed by atoms with Crippen molar-refractivity contribution in [3.05, 3.63) is 29.3 Å². The first-order valence-corrected chi connectivity index (χ1v) is 9.95. The van der Waals surface area contributed by atoms with Crippen molar-refractivity contribution in [2.24, 2.45) is 0 Å². The maximum absolute atomic E-state index is 10.6. The summed E-state index contributed by atoms with van der Waals surface area (Å²) >= 11 is 0. The van der Waals surface area contributed by atoms with Gasteiger partial charge in [-0.05, 0) is 54.2 Å². The second-order valence-corrected chi connectivity index (χ2v) is 8.34. The lowest BCUT2D eigenvalue weighted by atomic mass is 9.77. The van der Waals surface area contributed by atoms with Gasteiger partial charge in [-0.1, -0.05) is 71.4 Å². The number of hydrogen-bond donors (Lipinski definition) is 2. The molecule has 136 valence electrons. The van der Waals surface area contributed by atoms with Gasteiger partial charge in [0.1, 0.15) is 5.75 Å². The van der Waals surface area contributed by atoms with Crippen molar-refractivity contribution in [1.82, 2.24) is 0 Å². The van der Waals surface area contributed by atoms with Crippen molar-refractivity contribution in [2.45, 2.75) is 102 Å². The lowest BCUT2D eigenvalue weighted by Crippen LogP contribution is -2.19. The summed E-state index contributed by atoms with van der Waals surface area (Å²) in [6.07, 6.45) is 11.3. The van der Waals surface area contributed by atoms with Crippen LogP contribution in [0.1, 0.15) is 102 Å². The van der Waals surface area contributed by atoms with Crippen LogP contribution in [0.4, 0.5) is 0 Å². The fourth-order valence-electron chi connectivity index (χ4n) is 4.07. The van der Waals surface area contributed by atoms with Crippen molar-refractivity contribution in [2.75, 3.05) is 0 Å². The lowest BCUT2D eigenvalue weighted by Gasteiger charge is -2.29. The molecule has 0 bridgehead atoms. The molecule has 24 heavy (non-hydrogen) atoms. The standard InChI is InChI=1S/C22H36O2/c1-4-5-6-7-8-14-22(2,3)18-12-13-20(21(24)16-18)17-10-9-11-19(23)15-17/h12-13,16-17,19,23-24H,4-11,14-15H2,1-3H3/t17-,19-/m0/s1. The van der Waals surface area contributed by atoms with Gasteiger partial charge in [0.15, 0.2) is 0 Å². The second-order valence-electron chi connectivity index (χ2n) is 8.34. The Labute approximate surface area is 148 Å². The van der Waals surface area contributed by atoms with Gasteiger partial charge in [0.25, 0.3) is 0 Å². The van der Waals surface area contributed by atoms with E-state index in [2.05, 4.69) is 32.9 Å². The molecule has 1 aromatic rings. The molecule has 1 aliphatic rings. The molecule has 1 aliphatic carbocycles. The van der Waals surface area contributed by atoms with E-state index >= 15 is 0 Å². The summed E-state index contributed by atoms with van der Waals surface area (Å²) < 4.78 is 0. The molecule has 0 radical (unpaired) electrons. The molecule has 0 spiro atoms. The second kappa shape index (κ2) is 8.89. The van der Waals surface area contributed by atoms with Crippen molar-refractivity contribution in [3.8, 4) is 5.75 Å². The summed E-state index contributed by atoms with van der Waals surface area (Å²) in [5, 5.41) is 20.4. The van der Waals surface area contributed by atoms with E-state index in [0.717, 1.165) is 37.7 Å². The molecule has 2 rings (SSSR count). The molecule has 1 saturated carbocycles. The Morgan fingerprint density at radius 3 is 2.50 bits per heavy atom. The van der Waals surface area contributed by atoms with Crippen LogP contribution in [0.25, 0.3) is 0 Å². The number of hydrogen-bond acceptors (Lipinski definition) is 2. The molecule has 0 unspecified atom stereocenters. The minimum absolute atomic E-state index is 0.105. The maximum atomic E-state index is 10.6. The maximum Gasteiger partial charge on any atom is 0.119 e. The fourth-order valence-corrected chi connectivity index (χ4v) is 4.07. The van der Waals surface area contributed by atoms with Crippen molar-refractivity contribution in [1.29, 1.82) is 0 Å². The molecule has 2 nitrogen and oxygen atoms in total. The summed E-state index contributed by atoms with van der Waals surface area (Å²) in [6.45, 7) is 6.82. The van der Waals surface area contributed by atoms with Gasteiger partial charge in [0, 0.05) is 0 Å². The number of aliphatic hydroxyl groups is 1. The van der Waals surface area contributed by atoms with Crippen LogP contribution in [0.2, 0.25) is 0 Å². The molecule has 1 fully saturated rings. The largest absolute Gasteiger partial charge is 0.508 e. The molecule has 0 amide bonds. The molecule has 0 aliphatic heterocycles. The summed E-state index contributed by atoms with van der Waals surface area (Å²) in [4.78, 5) is 0. The predicted molar refractivity (Wildman–Crippen MR) is 102 cm³/mol. The van der Waals surface area contributed by atoms with Gasteiger partial charge in [-0.25, -0.2) is 0 Å². The monoisotopic (exact) mass is 332 g/mol. The van der Waals surface area contributed by atoms with E-state index in [1.54, 1.807) is 0 Å². The van der Waals surface area contributed by atoms with Gasteiger partial charge in [0.2, 0.25) is 0 Å². The van der Waals surface area contributed by atoms with E-state index < -0.39 is 0 Å². The minimum atomic E-state index is -0.206. The number of benzene rings is 1. The zero-order chi connectivity index (χ0) is 17.6. The first kappa shape index (κ1) is 19.3. The highest BCUT2D eigenvalue weighted by molar-refractivity contribution is 5.41. The smallest absolute Gasteiger partial charge is 0.119 e. The van der Waals surface area contributed by atoms with Crippen LogP contribution >= 0.6 is 0 Å². The highest BCUT2D eigenvalue weighted by atomic mass is 16.3. The van der Waals surface area contributed by atoms with Gasteiger partial charge < -0.3 is 10.2 Å². The normalized spacial score (nSPS) is 21.8. The molecular formula is C22H36O2. The molecule has 2 N–H and O–H groups in total. The first-order chi connectivity index (χ1) is 11.4. The number of aromatic hydroxyl groups is 1. The number of phenols is 1. The Hall–Kier alpha value is -1.02. The van der Waals surface area contributed by atoms with E-state index in [-0.39, 0.29) is 11.5 Å². The van der Waals surface area contributed by atoms with E-state index in [1.807, 2.05) is 6.07 Å². The van der Waals surface area contributed by atoms with Crippen molar-refractivity contribution in [3.63, 3.8) is 0 Å². The summed E-state index contributed by atoms with van der Waals surface area (Å²) in [5.41, 5.74) is 2.36. The van der Waals surface area contributed by atoms with Crippen molar-refractivity contribution < 1.29 is 10.2 Å². The van der Waals surface area contributed by atoms with E-state index in [1.165, 1.54) is 37.7 Å². The number of rotatable bonds is 8. The topological polar surface area (TPSA) is 40.5 Å². The molecule has 0 heterocycles. The Balaban J connectivity index is 1.99. The molecular weight excluding hydrogens is 296 g/mol. The van der Waals surface area contributed by atoms with Gasteiger partial charge in [-0.2, -0.15) is 0 Å². The molecule has 0 aromatic heterocycles. The van der Waals surface area contributed by atoms with Crippen LogP contribution in [0, 0.1) is 0 Å². The van der Waals surface area contributed by atoms with Crippen LogP contribution in [0.5, 0.6) is 5.75 Å². The van der Waals surface area contributed by atoms with Crippen LogP contribution in [-0.2, 0) is 5.41 Å². The van der Waals surface area contributed by atoms with E-state index in [4.69, 9.17) is 0 Å². The molecule has 1 aromatic carbocycles. The number of phenolic OH excluding ortho intramolecular Hbond substituents is 1. The highest BCUT2D eigenvalue weighted by Gasteiger charge is 2.26. The molecule has 0 saturated heterocycles. The van der Waals surface area contributed by atoms with E-state index in [9.17, 15) is 10.2 Å². The average molecular weight is 333 g/mol. The summed E-state index contributed by atoms with van der Waals surface area (Å²) in [6, 6.07) is 6.27. The predicted octanol–water partition coefficient (Wildman–Crippen LogP) is 6.05. The first-order valence-electron chi connectivity index (χ1n) is 9.95. The number of aliphatic hydroxyl groups excluding tert-OH is 1. The minimum Gasteiger partial charge on any atom is -0.508 e. The zero-order valence-corrected chi connectivity index (χ0v) is 15.9. The fraction of sp³-hybridized carbons (Fsp3) is 0.727. The van der Waals surface area contributed by atoms with Crippen molar-refractivity contribution >= 4 is 0 Å². The third-order valence-corrected chi connectivity index (χ3v) is 5.80. The Morgan fingerprint density at radius 1 is 1.08 bits per heavy atom. The zero-order valence-electron chi connectivity index (χ0n) is 15.9. The van der Waals surface area contributed by atoms with Crippen LogP contribution in [0.15, 0.2) is 18.2 Å². The Morgan fingerprint density at radius 2 is 1.83 bits per heavy atom. The van der Waals surface area contributed by atoms with Gasteiger partial charge in [-0.3, -0.25) is 0 Å². The Bertz CT molecular complexity index is 507.